The van der Waals surface area contributed by atoms with Crippen molar-refractivity contribution in [3.8, 4) is 17.2 Å². The minimum absolute atomic E-state index is 0.0303. The van der Waals surface area contributed by atoms with Gasteiger partial charge in [0.2, 0.25) is 10.0 Å². The summed E-state index contributed by atoms with van der Waals surface area (Å²) in [6.07, 6.45) is 2.02. The quantitative estimate of drug-likeness (QED) is 0.378. The van der Waals surface area contributed by atoms with Crippen LogP contribution in [0.1, 0.15) is 25.7 Å². The van der Waals surface area contributed by atoms with E-state index in [1.54, 1.807) is 18.2 Å². The van der Waals surface area contributed by atoms with Gasteiger partial charge in [0, 0.05) is 19.0 Å². The predicted molar refractivity (Wildman–Crippen MR) is 114 cm³/mol. The average Bonchev–Trinajstić information content (AvgIpc) is 2.79. The topological polar surface area (TPSA) is 100 Å². The third-order valence-electron chi connectivity index (χ3n) is 4.61. The molecule has 2 aromatic rings. The number of hydrogen-bond donors (Lipinski definition) is 1. The van der Waals surface area contributed by atoms with Crippen molar-refractivity contribution in [2.45, 2.75) is 30.6 Å². The molecule has 0 saturated carbocycles. The van der Waals surface area contributed by atoms with Crippen molar-refractivity contribution in [1.82, 2.24) is 4.72 Å². The fourth-order valence-corrected chi connectivity index (χ4v) is 4.08. The zero-order valence-electron chi connectivity index (χ0n) is 17.5. The number of para-hydroxylation sites is 1. The molecular weight excluding hydrogens is 441 g/mol. The first-order valence-electron chi connectivity index (χ1n) is 10.4. The van der Waals surface area contributed by atoms with Crippen LogP contribution in [0.3, 0.4) is 0 Å². The second-order valence-corrected chi connectivity index (χ2v) is 8.78. The van der Waals surface area contributed by atoms with Crippen LogP contribution in [0.25, 0.3) is 0 Å². The molecule has 0 aromatic heterocycles. The lowest BCUT2D eigenvalue weighted by molar-refractivity contribution is -0.144. The molecule has 3 rings (SSSR count). The number of ether oxygens (including phenoxy) is 4. The standard InChI is InChI=1S/C22H26FNO7S/c23-18-6-3-4-7-19(18)28-14-15-31-22(25)8-2-1-5-11-24-32(26,27)17-9-10-20-21(16-17)30-13-12-29-20/h3-4,6-7,9-10,16,24H,1-2,5,8,11-15H2. The number of carbonyl (C=O) groups is 1. The van der Waals surface area contributed by atoms with Gasteiger partial charge in [-0.1, -0.05) is 18.6 Å². The van der Waals surface area contributed by atoms with E-state index in [1.807, 2.05) is 0 Å². The lowest BCUT2D eigenvalue weighted by Crippen LogP contribution is -2.25. The molecule has 0 fully saturated rings. The Balaban J connectivity index is 1.27. The fourth-order valence-electron chi connectivity index (χ4n) is 2.99. The summed E-state index contributed by atoms with van der Waals surface area (Å²) < 4.78 is 61.8. The molecule has 0 unspecified atom stereocenters. The van der Waals surface area contributed by atoms with Crippen molar-refractivity contribution in [2.24, 2.45) is 0 Å². The summed E-state index contributed by atoms with van der Waals surface area (Å²) in [5, 5.41) is 0. The summed E-state index contributed by atoms with van der Waals surface area (Å²) in [5.74, 6) is 0.211. The lowest BCUT2D eigenvalue weighted by atomic mass is 10.2. The number of rotatable bonds is 12. The summed E-state index contributed by atoms with van der Waals surface area (Å²) in [5.41, 5.74) is 0. The second kappa shape index (κ2) is 11.7. The van der Waals surface area contributed by atoms with E-state index in [1.165, 1.54) is 24.3 Å². The Morgan fingerprint density at radius 2 is 1.78 bits per heavy atom. The molecule has 0 spiro atoms. The van der Waals surface area contributed by atoms with E-state index in [0.29, 0.717) is 44.0 Å². The number of halogens is 1. The van der Waals surface area contributed by atoms with Crippen LogP contribution in [0.4, 0.5) is 4.39 Å². The van der Waals surface area contributed by atoms with Crippen molar-refractivity contribution in [3.63, 3.8) is 0 Å². The van der Waals surface area contributed by atoms with Crippen molar-refractivity contribution in [2.75, 3.05) is 33.0 Å². The molecule has 174 valence electrons. The molecule has 0 bridgehead atoms. The Labute approximate surface area is 186 Å². The largest absolute Gasteiger partial charge is 0.487 e. The molecule has 0 radical (unpaired) electrons. The van der Waals surface area contributed by atoms with E-state index in [0.717, 1.165) is 0 Å². The van der Waals surface area contributed by atoms with E-state index >= 15 is 0 Å². The first-order valence-corrected chi connectivity index (χ1v) is 11.9. The van der Waals surface area contributed by atoms with Gasteiger partial charge in [-0.2, -0.15) is 0 Å². The highest BCUT2D eigenvalue weighted by Gasteiger charge is 2.19. The van der Waals surface area contributed by atoms with E-state index in [4.69, 9.17) is 18.9 Å². The molecule has 1 aliphatic rings. The molecule has 2 aromatic carbocycles. The van der Waals surface area contributed by atoms with Gasteiger partial charge in [0.15, 0.2) is 23.1 Å². The van der Waals surface area contributed by atoms with Crippen LogP contribution in [-0.2, 0) is 19.6 Å². The van der Waals surface area contributed by atoms with Crippen LogP contribution < -0.4 is 18.9 Å². The van der Waals surface area contributed by atoms with Crippen LogP contribution in [0.2, 0.25) is 0 Å². The summed E-state index contributed by atoms with van der Waals surface area (Å²) >= 11 is 0. The Morgan fingerprint density at radius 1 is 1.00 bits per heavy atom. The highest BCUT2D eigenvalue weighted by molar-refractivity contribution is 7.89. The number of unbranched alkanes of at least 4 members (excludes halogenated alkanes) is 2. The molecule has 32 heavy (non-hydrogen) atoms. The maximum atomic E-state index is 13.4. The van der Waals surface area contributed by atoms with Gasteiger partial charge in [0.25, 0.3) is 0 Å². The van der Waals surface area contributed by atoms with Gasteiger partial charge in [0.1, 0.15) is 26.4 Å². The van der Waals surface area contributed by atoms with E-state index in [-0.39, 0.29) is 42.8 Å². The monoisotopic (exact) mass is 467 g/mol. The second-order valence-electron chi connectivity index (χ2n) is 7.01. The average molecular weight is 468 g/mol. The van der Waals surface area contributed by atoms with Gasteiger partial charge >= 0.3 is 5.97 Å². The van der Waals surface area contributed by atoms with E-state index < -0.39 is 15.8 Å². The minimum Gasteiger partial charge on any atom is -0.487 e. The maximum Gasteiger partial charge on any atom is 0.305 e. The summed E-state index contributed by atoms with van der Waals surface area (Å²) in [4.78, 5) is 11.8. The Hall–Kier alpha value is -2.85. The lowest BCUT2D eigenvalue weighted by Gasteiger charge is -2.18. The number of hydrogen-bond acceptors (Lipinski definition) is 7. The highest BCUT2D eigenvalue weighted by Crippen LogP contribution is 2.32. The molecule has 0 aliphatic carbocycles. The highest BCUT2D eigenvalue weighted by atomic mass is 32.2. The SMILES string of the molecule is O=C(CCCCCNS(=O)(=O)c1ccc2c(c1)OCCO2)OCCOc1ccccc1F. The first kappa shape index (κ1) is 23.8. The minimum atomic E-state index is -3.66. The zero-order chi connectivity index (χ0) is 22.8. The van der Waals surface area contributed by atoms with E-state index in [2.05, 4.69) is 4.72 Å². The molecule has 10 heteroatoms. The number of nitrogens with one attached hydrogen (secondary N) is 1. The van der Waals surface area contributed by atoms with Crippen molar-refractivity contribution < 1.29 is 36.6 Å². The number of carbonyl (C=O) groups excluding carboxylic acids is 1. The molecular formula is C22H26FNO7S. The first-order chi connectivity index (χ1) is 15.5. The molecule has 0 amide bonds. The molecule has 0 atom stereocenters. The Kier molecular flexibility index (Phi) is 8.69. The van der Waals surface area contributed by atoms with Gasteiger partial charge in [-0.15, -0.1) is 0 Å². The maximum absolute atomic E-state index is 13.4. The van der Waals surface area contributed by atoms with Crippen molar-refractivity contribution in [3.05, 3.63) is 48.3 Å². The Morgan fingerprint density at radius 3 is 2.59 bits per heavy atom. The molecule has 8 nitrogen and oxygen atoms in total. The molecule has 1 N–H and O–H groups in total. The number of benzene rings is 2. The smallest absolute Gasteiger partial charge is 0.305 e. The van der Waals surface area contributed by atoms with E-state index in [9.17, 15) is 17.6 Å². The Bertz CT molecular complexity index is 1010. The van der Waals surface area contributed by atoms with Gasteiger partial charge in [-0.05, 0) is 37.1 Å². The van der Waals surface area contributed by atoms with Gasteiger partial charge in [0.05, 0.1) is 4.90 Å². The van der Waals surface area contributed by atoms with Crippen molar-refractivity contribution >= 4 is 16.0 Å². The number of fused-ring (bicyclic) bond motifs is 1. The summed E-state index contributed by atoms with van der Waals surface area (Å²) in [7, 11) is -3.66. The van der Waals surface area contributed by atoms with Gasteiger partial charge in [-0.3, -0.25) is 4.79 Å². The fraction of sp³-hybridized carbons (Fsp3) is 0.409. The van der Waals surface area contributed by atoms with Gasteiger partial charge in [-0.25, -0.2) is 17.5 Å². The third-order valence-corrected chi connectivity index (χ3v) is 6.07. The van der Waals surface area contributed by atoms with Gasteiger partial charge < -0.3 is 18.9 Å². The summed E-state index contributed by atoms with van der Waals surface area (Å²) in [6.45, 7) is 1.16. The normalized spacial score (nSPS) is 12.9. The number of sulfonamides is 1. The van der Waals surface area contributed by atoms with Crippen LogP contribution in [0.5, 0.6) is 17.2 Å². The predicted octanol–water partition coefficient (Wildman–Crippen LogP) is 3.06. The van der Waals surface area contributed by atoms with Crippen LogP contribution >= 0.6 is 0 Å². The summed E-state index contributed by atoms with van der Waals surface area (Å²) in [6, 6.07) is 10.5. The van der Waals surface area contributed by atoms with Crippen LogP contribution in [0, 0.1) is 5.82 Å². The third kappa shape index (κ3) is 7.10. The van der Waals surface area contributed by atoms with Crippen LogP contribution in [0.15, 0.2) is 47.4 Å². The zero-order valence-corrected chi connectivity index (χ0v) is 18.4. The molecule has 1 aliphatic heterocycles. The molecule has 0 saturated heterocycles. The van der Waals surface area contributed by atoms with Crippen molar-refractivity contribution in [1.29, 1.82) is 0 Å². The number of esters is 1. The molecule has 1 heterocycles. The van der Waals surface area contributed by atoms with Crippen LogP contribution in [-0.4, -0.2) is 47.4 Å².